The molecule has 0 aliphatic rings. The molecule has 0 spiro atoms. The summed E-state index contributed by atoms with van der Waals surface area (Å²) in [7, 11) is 0. The van der Waals surface area contributed by atoms with Crippen molar-refractivity contribution in [3.63, 3.8) is 0 Å². The minimum absolute atomic E-state index is 0. The van der Waals surface area contributed by atoms with E-state index in [1.165, 1.54) is 0 Å². The summed E-state index contributed by atoms with van der Waals surface area (Å²) in [5.41, 5.74) is 44.5. The van der Waals surface area contributed by atoms with Crippen molar-refractivity contribution in [1.82, 2.24) is 29.9 Å². The van der Waals surface area contributed by atoms with Crippen molar-refractivity contribution in [3.05, 3.63) is 413 Å². The van der Waals surface area contributed by atoms with Crippen LogP contribution in [-0.2, 0) is 19.5 Å². The van der Waals surface area contributed by atoms with Gasteiger partial charge in [0.15, 0.2) is 0 Å². The van der Waals surface area contributed by atoms with Crippen LogP contribution in [0.15, 0.2) is 413 Å². The molecule has 0 amide bonds. The van der Waals surface area contributed by atoms with Gasteiger partial charge in [-0.15, -0.1) is 0 Å². The zero-order valence-electron chi connectivity index (χ0n) is 60.3. The van der Waals surface area contributed by atoms with E-state index in [2.05, 4.69) is 320 Å². The van der Waals surface area contributed by atoms with E-state index >= 15 is 0 Å². The molecular weight excluding hydrogens is 1440 g/mol. The van der Waals surface area contributed by atoms with E-state index in [1.807, 2.05) is 97.1 Å². The third kappa shape index (κ3) is 15.9. The second kappa shape index (κ2) is 32.8. The summed E-state index contributed by atoms with van der Waals surface area (Å²) >= 11 is 0. The van der Waals surface area contributed by atoms with Gasteiger partial charge in [-0.05, 0) is 237 Å². The Labute approximate surface area is 658 Å². The number of nitrogens with zero attached hydrogens (tertiary/aromatic N) is 8. The molecule has 0 aliphatic heterocycles. The van der Waals surface area contributed by atoms with Gasteiger partial charge in [-0.1, -0.05) is 170 Å². The Kier molecular flexibility index (Phi) is 20.9. The number of hydrogen-bond acceptors (Lipinski definition) is 8. The standard InChI is InChI=1S/2C50H35N5.Ru/c2*51-43-25-21-38(22-26-43)42-33-49(39-11-3-1-4-12-39)55(50(34-42)40-13-5-2-6-14-40)44-27-23-36(24-28-44)35-17-19-37(20-18-35)41-31-47(45-15-7-9-29-52-45)54-48(32-41)46-16-8-10-30-53-46;/h2*1-34,51H;/p+2. The first-order valence-corrected chi connectivity index (χ1v) is 36.6. The van der Waals surface area contributed by atoms with Crippen LogP contribution in [0.25, 0.3) is 169 Å². The first-order valence-electron chi connectivity index (χ1n) is 36.6. The number of rotatable bonds is 16. The molecule has 0 saturated heterocycles. The van der Waals surface area contributed by atoms with Crippen LogP contribution in [0.1, 0.15) is 0 Å². The molecule has 0 unspecified atom stereocenters. The molecule has 18 rings (SSSR count). The molecule has 528 valence electrons. The molecule has 0 aliphatic carbocycles. The Bertz CT molecular complexity index is 5550. The molecule has 111 heavy (non-hydrogen) atoms. The van der Waals surface area contributed by atoms with Crippen LogP contribution in [-0.4, -0.2) is 29.9 Å². The summed E-state index contributed by atoms with van der Waals surface area (Å²) in [6, 6.07) is 135. The first kappa shape index (κ1) is 70.9. The average Bonchev–Trinajstić information content (AvgIpc) is 0.769. The van der Waals surface area contributed by atoms with Crippen LogP contribution in [0, 0.1) is 0 Å². The van der Waals surface area contributed by atoms with Gasteiger partial charge in [0.25, 0.3) is 0 Å². The quantitative estimate of drug-likeness (QED) is 0.0554. The van der Waals surface area contributed by atoms with Crippen molar-refractivity contribution in [1.29, 1.82) is 0 Å². The molecule has 0 fully saturated rings. The van der Waals surface area contributed by atoms with E-state index in [0.717, 1.165) is 180 Å². The van der Waals surface area contributed by atoms with Gasteiger partial charge in [0.2, 0.25) is 34.2 Å². The summed E-state index contributed by atoms with van der Waals surface area (Å²) < 4.78 is 4.72. The zero-order chi connectivity index (χ0) is 74.0. The summed E-state index contributed by atoms with van der Waals surface area (Å²) in [6.45, 7) is 0. The number of pyridine rings is 8. The Morgan fingerprint density at radius 2 is 0.369 bits per heavy atom. The van der Waals surface area contributed by atoms with E-state index in [-0.39, 0.29) is 19.5 Å². The van der Waals surface area contributed by atoms with Crippen molar-refractivity contribution >= 4 is 11.4 Å². The third-order valence-electron chi connectivity index (χ3n) is 19.6. The summed E-state index contributed by atoms with van der Waals surface area (Å²) in [5, 5.41) is 0. The predicted molar refractivity (Wildman–Crippen MR) is 448 cm³/mol. The molecule has 10 nitrogen and oxygen atoms in total. The van der Waals surface area contributed by atoms with Gasteiger partial charge >= 0.3 is 0 Å². The van der Waals surface area contributed by atoms with Crippen LogP contribution in [0.2, 0.25) is 0 Å². The zero-order valence-corrected chi connectivity index (χ0v) is 62.1. The molecule has 11 heteroatoms. The Hall–Kier alpha value is -14.4. The first-order chi connectivity index (χ1) is 54.3. The monoisotopic (exact) mass is 1510 g/mol. The van der Waals surface area contributed by atoms with E-state index in [1.54, 1.807) is 24.8 Å². The smallest absolute Gasteiger partial charge is 0.219 e. The van der Waals surface area contributed by atoms with Gasteiger partial charge < -0.3 is 11.5 Å². The van der Waals surface area contributed by atoms with Crippen LogP contribution >= 0.6 is 0 Å². The molecule has 4 N–H and O–H groups in total. The van der Waals surface area contributed by atoms with E-state index < -0.39 is 0 Å². The van der Waals surface area contributed by atoms with E-state index in [0.29, 0.717) is 0 Å². The predicted octanol–water partition coefficient (Wildman–Crippen LogP) is 22.8. The maximum absolute atomic E-state index is 6.08. The number of hydrogen-bond donors (Lipinski definition) is 2. The largest absolute Gasteiger partial charge is 0.399 e. The van der Waals surface area contributed by atoms with Crippen LogP contribution < -0.4 is 20.6 Å². The average molecular weight is 1510 g/mol. The summed E-state index contributed by atoms with van der Waals surface area (Å²) in [5.74, 6) is 0. The fourth-order valence-corrected chi connectivity index (χ4v) is 14.0. The van der Waals surface area contributed by atoms with Crippen LogP contribution in [0.4, 0.5) is 11.4 Å². The Morgan fingerprint density at radius 3 is 0.595 bits per heavy atom. The van der Waals surface area contributed by atoms with Crippen molar-refractivity contribution in [2.24, 2.45) is 0 Å². The van der Waals surface area contributed by atoms with Gasteiger partial charge in [0.05, 0.1) is 45.6 Å². The maximum atomic E-state index is 6.08. The second-order valence-corrected chi connectivity index (χ2v) is 26.8. The Morgan fingerprint density at radius 1 is 0.171 bits per heavy atom. The minimum atomic E-state index is 0. The normalized spacial score (nSPS) is 10.9. The SMILES string of the molecule is Nc1ccc(-c2cc(-c3ccccc3)[n+](-c3ccc(-c4ccc(-c5cc(-c6ccccn6)nc(-c6ccccn6)c5)cc4)cc3)c(-c3ccccc3)c2)cc1.Nc1ccc(-c2cc(-c3ccccc3)[n+](-c3ccc(-c4ccc(-c5cc(-c6ccccn6)nc(-c6ccccn6)c5)cc4)cc3)c(-c3ccccc3)c2)cc1.[Ru]. The Balaban J connectivity index is 0.000000167. The molecule has 0 atom stereocenters. The number of nitrogen functional groups attached to an aromatic ring is 2. The van der Waals surface area contributed by atoms with Crippen molar-refractivity contribution < 1.29 is 28.6 Å². The number of nitrogens with two attached hydrogens (primary N) is 2. The summed E-state index contributed by atoms with van der Waals surface area (Å²) in [6.07, 6.45) is 7.18. The topological polar surface area (TPSA) is 137 Å². The van der Waals surface area contributed by atoms with Gasteiger partial charge in [0, 0.05) is 126 Å². The molecule has 0 bridgehead atoms. The maximum Gasteiger partial charge on any atom is 0.219 e. The minimum Gasteiger partial charge on any atom is -0.399 e. The molecule has 10 aromatic carbocycles. The van der Waals surface area contributed by atoms with Crippen molar-refractivity contribution in [2.75, 3.05) is 11.5 Å². The van der Waals surface area contributed by atoms with Crippen molar-refractivity contribution in [2.45, 2.75) is 0 Å². The molecule has 8 heterocycles. The van der Waals surface area contributed by atoms with Gasteiger partial charge in [0.1, 0.15) is 0 Å². The molecule has 0 radical (unpaired) electrons. The fraction of sp³-hybridized carbons (Fsp3) is 0. The number of aromatic nitrogens is 8. The molecule has 8 aromatic heterocycles. The van der Waals surface area contributed by atoms with E-state index in [4.69, 9.17) is 21.4 Å². The molecule has 0 saturated carbocycles. The van der Waals surface area contributed by atoms with Gasteiger partial charge in [-0.3, -0.25) is 19.9 Å². The fourth-order valence-electron chi connectivity index (χ4n) is 14.0. The molecule has 18 aromatic rings. The second-order valence-electron chi connectivity index (χ2n) is 26.8. The van der Waals surface area contributed by atoms with Crippen LogP contribution in [0.3, 0.4) is 0 Å². The van der Waals surface area contributed by atoms with Crippen LogP contribution in [0.5, 0.6) is 0 Å². The number of anilines is 2. The summed E-state index contributed by atoms with van der Waals surface area (Å²) in [4.78, 5) is 28.2. The third-order valence-corrected chi connectivity index (χ3v) is 19.6. The van der Waals surface area contributed by atoms with Gasteiger partial charge in [-0.2, -0.15) is 9.13 Å². The number of benzene rings is 10. The van der Waals surface area contributed by atoms with E-state index in [9.17, 15) is 0 Å². The van der Waals surface area contributed by atoms with Crippen molar-refractivity contribution in [3.8, 4) is 169 Å². The molecular formula is C100H72N10Ru+2. The van der Waals surface area contributed by atoms with Gasteiger partial charge in [-0.25, -0.2) is 9.97 Å².